The zero-order valence-corrected chi connectivity index (χ0v) is 15.0. The molecule has 5 heteroatoms. The number of carbonyl (C=O) groups excluding carboxylic acids is 1. The van der Waals surface area contributed by atoms with E-state index in [2.05, 4.69) is 33.0 Å². The second-order valence-electron chi connectivity index (χ2n) is 5.31. The van der Waals surface area contributed by atoms with Crippen LogP contribution in [0.1, 0.15) is 59.8 Å². The van der Waals surface area contributed by atoms with Gasteiger partial charge in [0.1, 0.15) is 0 Å². The second-order valence-corrected chi connectivity index (χ2v) is 7.14. The fourth-order valence-electron chi connectivity index (χ4n) is 2.40. The van der Waals surface area contributed by atoms with Gasteiger partial charge in [-0.15, -0.1) is 0 Å². The number of amides is 1. The Hall–Kier alpha value is -0.290. The maximum absolute atomic E-state index is 12.6. The lowest BCUT2D eigenvalue weighted by Gasteiger charge is -2.32. The normalized spacial score (nSPS) is 13.0. The van der Waals surface area contributed by atoms with Crippen LogP contribution in [0.4, 0.5) is 0 Å². The summed E-state index contributed by atoms with van der Waals surface area (Å²) < 4.78 is 0. The SMILES string of the molecule is CCCC(CCC)(C(=O)NC(C)CCSCC)C(N)=S. The number of hydrogen-bond acceptors (Lipinski definition) is 3. The zero-order valence-electron chi connectivity index (χ0n) is 13.3. The molecular weight excluding hydrogens is 288 g/mol. The van der Waals surface area contributed by atoms with Gasteiger partial charge < -0.3 is 11.1 Å². The fraction of sp³-hybridized carbons (Fsp3) is 0.867. The van der Waals surface area contributed by atoms with E-state index in [1.165, 1.54) is 0 Å². The van der Waals surface area contributed by atoms with E-state index in [1.54, 1.807) is 0 Å². The van der Waals surface area contributed by atoms with Gasteiger partial charge in [0.15, 0.2) is 0 Å². The molecule has 0 spiro atoms. The summed E-state index contributed by atoms with van der Waals surface area (Å²) in [7, 11) is 0. The van der Waals surface area contributed by atoms with Gasteiger partial charge in [-0.05, 0) is 37.7 Å². The predicted octanol–water partition coefficient (Wildman–Crippen LogP) is 3.51. The molecule has 0 aliphatic heterocycles. The first-order valence-corrected chi connectivity index (χ1v) is 9.19. The molecule has 0 fully saturated rings. The third-order valence-electron chi connectivity index (χ3n) is 3.54. The summed E-state index contributed by atoms with van der Waals surface area (Å²) in [5, 5.41) is 3.11. The minimum absolute atomic E-state index is 0.0164. The van der Waals surface area contributed by atoms with Crippen molar-refractivity contribution in [1.29, 1.82) is 0 Å². The molecule has 0 bridgehead atoms. The molecular formula is C15H30N2OS2. The lowest BCUT2D eigenvalue weighted by molar-refractivity contribution is -0.128. The van der Waals surface area contributed by atoms with Crippen molar-refractivity contribution < 1.29 is 4.79 Å². The van der Waals surface area contributed by atoms with Gasteiger partial charge in [0.05, 0.1) is 10.4 Å². The quantitative estimate of drug-likeness (QED) is 0.452. The number of carbonyl (C=O) groups is 1. The van der Waals surface area contributed by atoms with Gasteiger partial charge in [-0.25, -0.2) is 0 Å². The van der Waals surface area contributed by atoms with E-state index in [0.29, 0.717) is 4.99 Å². The molecule has 0 aromatic carbocycles. The molecule has 0 aromatic heterocycles. The Kier molecular flexibility index (Phi) is 10.3. The molecule has 1 atom stereocenters. The first-order valence-electron chi connectivity index (χ1n) is 7.63. The Labute approximate surface area is 133 Å². The van der Waals surface area contributed by atoms with E-state index < -0.39 is 5.41 Å². The monoisotopic (exact) mass is 318 g/mol. The van der Waals surface area contributed by atoms with E-state index in [4.69, 9.17) is 18.0 Å². The van der Waals surface area contributed by atoms with Gasteiger partial charge in [-0.3, -0.25) is 4.79 Å². The van der Waals surface area contributed by atoms with Crippen molar-refractivity contribution in [3.63, 3.8) is 0 Å². The molecule has 0 radical (unpaired) electrons. The number of thiocarbonyl (C=S) groups is 1. The lowest BCUT2D eigenvalue weighted by atomic mass is 9.78. The van der Waals surface area contributed by atoms with Crippen LogP contribution < -0.4 is 11.1 Å². The van der Waals surface area contributed by atoms with Gasteiger partial charge >= 0.3 is 0 Å². The maximum Gasteiger partial charge on any atom is 0.233 e. The summed E-state index contributed by atoms with van der Waals surface area (Å²) in [6.45, 7) is 8.33. The summed E-state index contributed by atoms with van der Waals surface area (Å²) in [5.41, 5.74) is 5.25. The molecule has 0 saturated heterocycles. The first-order chi connectivity index (χ1) is 9.44. The Morgan fingerprint density at radius 2 is 1.85 bits per heavy atom. The molecule has 1 unspecified atom stereocenters. The van der Waals surface area contributed by atoms with E-state index in [9.17, 15) is 4.79 Å². The van der Waals surface area contributed by atoms with E-state index in [0.717, 1.165) is 43.6 Å². The van der Waals surface area contributed by atoms with Crippen molar-refractivity contribution in [3.8, 4) is 0 Å². The number of nitrogens with two attached hydrogens (primary N) is 1. The first kappa shape index (κ1) is 19.7. The van der Waals surface area contributed by atoms with Crippen LogP contribution in [-0.2, 0) is 4.79 Å². The van der Waals surface area contributed by atoms with E-state index in [-0.39, 0.29) is 11.9 Å². The second kappa shape index (κ2) is 10.4. The van der Waals surface area contributed by atoms with Crippen molar-refractivity contribution in [2.24, 2.45) is 11.1 Å². The van der Waals surface area contributed by atoms with E-state index in [1.807, 2.05) is 11.8 Å². The van der Waals surface area contributed by atoms with Crippen LogP contribution >= 0.6 is 24.0 Å². The van der Waals surface area contributed by atoms with Crippen molar-refractivity contribution in [2.75, 3.05) is 11.5 Å². The zero-order chi connectivity index (χ0) is 15.6. The molecule has 3 nitrogen and oxygen atoms in total. The largest absolute Gasteiger partial charge is 0.392 e. The van der Waals surface area contributed by atoms with Crippen LogP contribution in [0.25, 0.3) is 0 Å². The highest BCUT2D eigenvalue weighted by molar-refractivity contribution is 7.99. The average Bonchev–Trinajstić information content (AvgIpc) is 2.38. The van der Waals surface area contributed by atoms with Crippen LogP contribution in [-0.4, -0.2) is 28.4 Å². The highest BCUT2D eigenvalue weighted by Crippen LogP contribution is 2.31. The Morgan fingerprint density at radius 1 is 1.30 bits per heavy atom. The third kappa shape index (κ3) is 6.00. The molecule has 0 aliphatic rings. The fourth-order valence-corrected chi connectivity index (χ4v) is 3.51. The Bertz CT molecular complexity index is 302. The van der Waals surface area contributed by atoms with Gasteiger partial charge in [0.2, 0.25) is 5.91 Å². The lowest BCUT2D eigenvalue weighted by Crippen LogP contribution is -2.51. The van der Waals surface area contributed by atoms with Gasteiger partial charge in [0, 0.05) is 6.04 Å². The maximum atomic E-state index is 12.6. The number of nitrogens with one attached hydrogen (secondary N) is 1. The highest BCUT2D eigenvalue weighted by Gasteiger charge is 2.40. The number of hydrogen-bond donors (Lipinski definition) is 2. The molecule has 0 aliphatic carbocycles. The third-order valence-corrected chi connectivity index (χ3v) is 4.86. The predicted molar refractivity (Wildman–Crippen MR) is 94.3 cm³/mol. The number of thioether (sulfide) groups is 1. The molecule has 0 saturated carbocycles. The average molecular weight is 319 g/mol. The van der Waals surface area contributed by atoms with Crippen molar-refractivity contribution in [3.05, 3.63) is 0 Å². The summed E-state index contributed by atoms with van der Waals surface area (Å²) >= 11 is 7.10. The molecule has 3 N–H and O–H groups in total. The van der Waals surface area contributed by atoms with Crippen molar-refractivity contribution in [2.45, 2.75) is 65.8 Å². The Balaban J connectivity index is 4.73. The molecule has 0 rings (SSSR count). The summed E-state index contributed by atoms with van der Waals surface area (Å²) in [4.78, 5) is 13.0. The standard InChI is InChI=1S/C15H30N2OS2/c1-5-9-15(10-6-2,13(16)19)14(18)17-12(4)8-11-20-7-3/h12H,5-11H2,1-4H3,(H2,16,19)(H,17,18). The van der Waals surface area contributed by atoms with Crippen molar-refractivity contribution >= 4 is 34.9 Å². The Morgan fingerprint density at radius 3 is 2.25 bits per heavy atom. The van der Waals surface area contributed by atoms with Crippen molar-refractivity contribution in [1.82, 2.24) is 5.32 Å². The van der Waals surface area contributed by atoms with Crippen LogP contribution in [0.15, 0.2) is 0 Å². The van der Waals surface area contributed by atoms with Crippen LogP contribution in [0.3, 0.4) is 0 Å². The summed E-state index contributed by atoms with van der Waals surface area (Å²) in [5.74, 6) is 2.20. The molecule has 1 amide bonds. The molecule has 0 aromatic rings. The van der Waals surface area contributed by atoms with Crippen LogP contribution in [0, 0.1) is 5.41 Å². The van der Waals surface area contributed by atoms with Gasteiger partial charge in [-0.2, -0.15) is 11.8 Å². The van der Waals surface area contributed by atoms with Gasteiger partial charge in [-0.1, -0.05) is 45.8 Å². The van der Waals surface area contributed by atoms with Crippen LogP contribution in [0.5, 0.6) is 0 Å². The summed E-state index contributed by atoms with van der Waals surface area (Å²) in [6.07, 6.45) is 4.27. The van der Waals surface area contributed by atoms with Gasteiger partial charge in [0.25, 0.3) is 0 Å². The minimum Gasteiger partial charge on any atom is -0.392 e. The summed E-state index contributed by atoms with van der Waals surface area (Å²) in [6, 6.07) is 0.170. The van der Waals surface area contributed by atoms with E-state index >= 15 is 0 Å². The molecule has 20 heavy (non-hydrogen) atoms. The highest BCUT2D eigenvalue weighted by atomic mass is 32.2. The number of rotatable bonds is 11. The van der Waals surface area contributed by atoms with Crippen LogP contribution in [0.2, 0.25) is 0 Å². The smallest absolute Gasteiger partial charge is 0.233 e. The minimum atomic E-state index is -0.662. The molecule has 0 heterocycles. The molecule has 118 valence electrons. The topological polar surface area (TPSA) is 55.1 Å².